The molecule has 0 spiro atoms. The van der Waals surface area contributed by atoms with Gasteiger partial charge in [0.25, 0.3) is 5.91 Å². The fourth-order valence-corrected chi connectivity index (χ4v) is 4.45. The number of aromatic amines is 1. The minimum Gasteiger partial charge on any atom is -0.497 e. The van der Waals surface area contributed by atoms with Gasteiger partial charge in [-0.3, -0.25) is 14.4 Å². The lowest BCUT2D eigenvalue weighted by Gasteiger charge is -2.24. The zero-order valence-corrected chi connectivity index (χ0v) is 20.2. The Morgan fingerprint density at radius 1 is 1.09 bits per heavy atom. The molecule has 1 atom stereocenters. The summed E-state index contributed by atoms with van der Waals surface area (Å²) in [6.07, 6.45) is 2.12. The van der Waals surface area contributed by atoms with E-state index in [0.717, 1.165) is 16.5 Å². The molecular formula is C26H26N4O4S. The Balaban J connectivity index is 1.49. The summed E-state index contributed by atoms with van der Waals surface area (Å²) >= 11 is 1.30. The molecule has 35 heavy (non-hydrogen) atoms. The first-order valence-electron chi connectivity index (χ1n) is 11.0. The lowest BCUT2D eigenvalue weighted by Crippen LogP contribution is -2.50. The van der Waals surface area contributed by atoms with E-state index in [-0.39, 0.29) is 30.7 Å². The van der Waals surface area contributed by atoms with Crippen molar-refractivity contribution < 1.29 is 19.1 Å². The van der Waals surface area contributed by atoms with Crippen LogP contribution in [0.25, 0.3) is 10.9 Å². The maximum absolute atomic E-state index is 13.4. The van der Waals surface area contributed by atoms with Crippen molar-refractivity contribution >= 4 is 45.6 Å². The summed E-state index contributed by atoms with van der Waals surface area (Å²) in [7, 11) is 3.10. The van der Waals surface area contributed by atoms with E-state index in [1.54, 1.807) is 55.9 Å². The molecule has 0 bridgehead atoms. The summed E-state index contributed by atoms with van der Waals surface area (Å²) in [5.41, 5.74) is 2.42. The van der Waals surface area contributed by atoms with E-state index in [2.05, 4.69) is 15.6 Å². The number of fused-ring (bicyclic) bond motifs is 1. The lowest BCUT2D eigenvalue weighted by atomic mass is 10.0. The normalized spacial score (nSPS) is 11.6. The number of carbonyl (C=O) groups excluding carboxylic acids is 3. The zero-order valence-electron chi connectivity index (χ0n) is 19.4. The molecule has 180 valence electrons. The van der Waals surface area contributed by atoms with Crippen LogP contribution >= 0.6 is 11.3 Å². The van der Waals surface area contributed by atoms with Gasteiger partial charge in [0.05, 0.1) is 18.5 Å². The van der Waals surface area contributed by atoms with Gasteiger partial charge < -0.3 is 25.3 Å². The van der Waals surface area contributed by atoms with Gasteiger partial charge >= 0.3 is 0 Å². The second kappa shape index (κ2) is 10.9. The number of nitrogens with one attached hydrogen (secondary N) is 3. The Kier molecular flexibility index (Phi) is 7.47. The van der Waals surface area contributed by atoms with E-state index >= 15 is 0 Å². The maximum atomic E-state index is 13.4. The highest BCUT2D eigenvalue weighted by atomic mass is 32.1. The van der Waals surface area contributed by atoms with Gasteiger partial charge in [0.2, 0.25) is 11.8 Å². The largest absolute Gasteiger partial charge is 0.497 e. The number of thiophene rings is 1. The smallest absolute Gasteiger partial charge is 0.262 e. The molecule has 8 nitrogen and oxygen atoms in total. The van der Waals surface area contributed by atoms with Gasteiger partial charge in [-0.15, -0.1) is 11.3 Å². The summed E-state index contributed by atoms with van der Waals surface area (Å²) in [5.74, 6) is -0.430. The van der Waals surface area contributed by atoms with Crippen molar-refractivity contribution in [2.45, 2.75) is 12.5 Å². The van der Waals surface area contributed by atoms with E-state index in [9.17, 15) is 14.4 Å². The number of likely N-dealkylation sites (N-methyl/N-ethyl adjacent to an activating group) is 1. The standard InChI is InChI=1S/C26H26N4O4S/c1-30(16-24(31)28-18-7-5-8-19(14-18)34-2)26(33)22(29-25(32)23-11-6-12-35-23)13-17-15-27-21-10-4-3-9-20(17)21/h3-12,14-15,22,27H,13,16H2,1-2H3,(H,28,31)(H,29,32). The van der Waals surface area contributed by atoms with Gasteiger partial charge in [-0.2, -0.15) is 0 Å². The number of anilines is 1. The van der Waals surface area contributed by atoms with Crippen molar-refractivity contribution in [3.63, 3.8) is 0 Å². The minimum atomic E-state index is -0.849. The van der Waals surface area contributed by atoms with Crippen molar-refractivity contribution in [2.75, 3.05) is 26.0 Å². The van der Waals surface area contributed by atoms with Gasteiger partial charge in [0.1, 0.15) is 11.8 Å². The number of benzene rings is 2. The molecule has 2 heterocycles. The predicted octanol–water partition coefficient (Wildman–Crippen LogP) is 3.68. The van der Waals surface area contributed by atoms with Gasteiger partial charge in [-0.1, -0.05) is 30.3 Å². The molecule has 0 saturated heterocycles. The number of amides is 3. The van der Waals surface area contributed by atoms with Crippen molar-refractivity contribution in [2.24, 2.45) is 0 Å². The molecule has 4 rings (SSSR count). The van der Waals surface area contributed by atoms with Crippen molar-refractivity contribution in [1.29, 1.82) is 0 Å². The summed E-state index contributed by atoms with van der Waals surface area (Å²) in [4.78, 5) is 43.8. The number of hydrogen-bond acceptors (Lipinski definition) is 5. The minimum absolute atomic E-state index is 0.171. The van der Waals surface area contributed by atoms with Gasteiger partial charge in [-0.05, 0) is 35.2 Å². The Bertz CT molecular complexity index is 1330. The van der Waals surface area contributed by atoms with Crippen LogP contribution in [0.3, 0.4) is 0 Å². The third-order valence-corrected chi connectivity index (χ3v) is 6.43. The van der Waals surface area contributed by atoms with Crippen LogP contribution < -0.4 is 15.4 Å². The summed E-state index contributed by atoms with van der Waals surface area (Å²) < 4.78 is 5.18. The molecule has 4 aromatic rings. The monoisotopic (exact) mass is 490 g/mol. The van der Waals surface area contributed by atoms with Crippen molar-refractivity contribution in [3.05, 3.63) is 82.7 Å². The average Bonchev–Trinajstić information content (AvgIpc) is 3.54. The number of carbonyl (C=O) groups is 3. The molecule has 0 aliphatic heterocycles. The van der Waals surface area contributed by atoms with Crippen LogP contribution in [0, 0.1) is 0 Å². The Hall–Kier alpha value is -4.11. The van der Waals surface area contributed by atoms with Crippen molar-refractivity contribution in [1.82, 2.24) is 15.2 Å². The number of rotatable bonds is 9. The lowest BCUT2D eigenvalue weighted by molar-refractivity contribution is -0.135. The van der Waals surface area contributed by atoms with Crippen molar-refractivity contribution in [3.8, 4) is 5.75 Å². The maximum Gasteiger partial charge on any atom is 0.262 e. The van der Waals surface area contributed by atoms with E-state index in [1.807, 2.05) is 30.5 Å². The first-order chi connectivity index (χ1) is 16.9. The van der Waals surface area contributed by atoms with Crippen LogP contribution in [0.1, 0.15) is 15.2 Å². The van der Waals surface area contributed by atoms with Gasteiger partial charge in [-0.25, -0.2) is 0 Å². The number of para-hydroxylation sites is 1. The molecule has 9 heteroatoms. The molecule has 1 unspecified atom stereocenters. The zero-order chi connectivity index (χ0) is 24.8. The third kappa shape index (κ3) is 5.88. The molecule has 2 aromatic heterocycles. The fraction of sp³-hybridized carbons (Fsp3) is 0.192. The van der Waals surface area contributed by atoms with Crippen LogP contribution in [0.2, 0.25) is 0 Å². The van der Waals surface area contributed by atoms with E-state index in [1.165, 1.54) is 16.2 Å². The molecule has 0 fully saturated rings. The number of methoxy groups -OCH3 is 1. The highest BCUT2D eigenvalue weighted by molar-refractivity contribution is 7.12. The first kappa shape index (κ1) is 24.0. The summed E-state index contributed by atoms with van der Waals surface area (Å²) in [5, 5.41) is 8.42. The second-order valence-corrected chi connectivity index (χ2v) is 8.99. The first-order valence-corrected chi connectivity index (χ1v) is 11.9. The topological polar surface area (TPSA) is 104 Å². The molecular weight excluding hydrogens is 464 g/mol. The fourth-order valence-electron chi connectivity index (χ4n) is 3.82. The van der Waals surface area contributed by atoms with E-state index < -0.39 is 6.04 Å². The van der Waals surface area contributed by atoms with E-state index in [4.69, 9.17) is 4.74 Å². The second-order valence-electron chi connectivity index (χ2n) is 8.04. The highest BCUT2D eigenvalue weighted by Gasteiger charge is 2.27. The molecule has 3 amide bonds. The Morgan fingerprint density at radius 2 is 1.91 bits per heavy atom. The molecule has 3 N–H and O–H groups in total. The molecule has 0 aliphatic carbocycles. The average molecular weight is 491 g/mol. The van der Waals surface area contributed by atoms with E-state index in [0.29, 0.717) is 16.3 Å². The molecule has 0 aliphatic rings. The quantitative estimate of drug-likeness (QED) is 0.333. The van der Waals surface area contributed by atoms with Crippen LogP contribution in [-0.4, -0.2) is 54.3 Å². The Labute approximate surface area is 206 Å². The van der Waals surface area contributed by atoms with Crippen LogP contribution in [0.15, 0.2) is 72.2 Å². The number of H-pyrrole nitrogens is 1. The predicted molar refractivity (Wildman–Crippen MR) is 137 cm³/mol. The SMILES string of the molecule is COc1cccc(NC(=O)CN(C)C(=O)C(Cc2c[nH]c3ccccc23)NC(=O)c2cccs2)c1. The number of nitrogens with zero attached hydrogens (tertiary/aromatic N) is 1. The van der Waals surface area contributed by atoms with Gasteiger partial charge in [0, 0.05) is 42.3 Å². The number of ether oxygens (including phenoxy) is 1. The summed E-state index contributed by atoms with van der Waals surface area (Å²) in [6.45, 7) is -0.171. The Morgan fingerprint density at radius 3 is 2.69 bits per heavy atom. The molecule has 0 radical (unpaired) electrons. The molecule has 0 saturated carbocycles. The molecule has 2 aromatic carbocycles. The van der Waals surface area contributed by atoms with Crippen LogP contribution in [0.4, 0.5) is 5.69 Å². The van der Waals surface area contributed by atoms with Crippen LogP contribution in [-0.2, 0) is 16.0 Å². The third-order valence-electron chi connectivity index (χ3n) is 5.56. The number of hydrogen-bond donors (Lipinski definition) is 3. The number of aromatic nitrogens is 1. The van der Waals surface area contributed by atoms with Gasteiger partial charge in [0.15, 0.2) is 0 Å². The van der Waals surface area contributed by atoms with Crippen LogP contribution in [0.5, 0.6) is 5.75 Å². The highest BCUT2D eigenvalue weighted by Crippen LogP contribution is 2.20. The summed E-state index contributed by atoms with van der Waals surface area (Å²) in [6, 6.07) is 17.4.